The molecule has 0 aliphatic rings. The Bertz CT molecular complexity index is 261. The maximum absolute atomic E-state index is 2.37. The molecule has 66 valence electrons. The lowest BCUT2D eigenvalue weighted by atomic mass is 9.86. The first-order valence-corrected chi connectivity index (χ1v) is 5.25. The molecule has 0 N–H and O–H groups in total. The predicted molar refractivity (Wildman–Crippen MR) is 62.6 cm³/mol. The average Bonchev–Trinajstić information content (AvgIpc) is 1.82. The van der Waals surface area contributed by atoms with Crippen LogP contribution >= 0.6 is 22.6 Å². The summed E-state index contributed by atoms with van der Waals surface area (Å²) in [6, 6.07) is 6.73. The van der Waals surface area contributed by atoms with Crippen molar-refractivity contribution in [3.63, 3.8) is 0 Å². The van der Waals surface area contributed by atoms with E-state index in [-0.39, 0.29) is 5.41 Å². The van der Waals surface area contributed by atoms with Gasteiger partial charge in [0, 0.05) is 3.57 Å². The third-order valence-electron chi connectivity index (χ3n) is 1.91. The smallest absolute Gasteiger partial charge is 0.0135 e. The highest BCUT2D eigenvalue weighted by molar-refractivity contribution is 14.1. The van der Waals surface area contributed by atoms with Crippen LogP contribution in [-0.2, 0) is 5.41 Å². The van der Waals surface area contributed by atoms with Gasteiger partial charge in [-0.2, -0.15) is 0 Å². The summed E-state index contributed by atoms with van der Waals surface area (Å²) in [6.45, 7) is 8.89. The van der Waals surface area contributed by atoms with Crippen molar-refractivity contribution in [2.24, 2.45) is 0 Å². The van der Waals surface area contributed by atoms with Gasteiger partial charge in [-0.05, 0) is 58.2 Å². The van der Waals surface area contributed by atoms with E-state index in [4.69, 9.17) is 0 Å². The minimum atomic E-state index is 0.270. The van der Waals surface area contributed by atoms with E-state index in [1.54, 1.807) is 0 Å². The fourth-order valence-electron chi connectivity index (χ4n) is 1.17. The van der Waals surface area contributed by atoms with E-state index in [0.29, 0.717) is 0 Å². The maximum atomic E-state index is 2.37. The van der Waals surface area contributed by atoms with Crippen LogP contribution in [0.25, 0.3) is 0 Å². The van der Waals surface area contributed by atoms with E-state index in [1.165, 1.54) is 14.7 Å². The van der Waals surface area contributed by atoms with Crippen molar-refractivity contribution in [1.29, 1.82) is 0 Å². The summed E-state index contributed by atoms with van der Waals surface area (Å²) in [6.07, 6.45) is 0. The van der Waals surface area contributed by atoms with Crippen LogP contribution in [0.4, 0.5) is 0 Å². The van der Waals surface area contributed by atoms with Gasteiger partial charge in [0.15, 0.2) is 0 Å². The Labute approximate surface area is 88.5 Å². The second-order valence-electron chi connectivity index (χ2n) is 4.27. The Morgan fingerprint density at radius 2 is 1.67 bits per heavy atom. The molecule has 0 spiro atoms. The number of rotatable bonds is 0. The highest BCUT2D eigenvalue weighted by atomic mass is 127. The van der Waals surface area contributed by atoms with Crippen molar-refractivity contribution >= 4 is 22.6 Å². The molecule has 0 heterocycles. The van der Waals surface area contributed by atoms with Gasteiger partial charge in [-0.3, -0.25) is 0 Å². The van der Waals surface area contributed by atoms with Crippen LogP contribution in [0, 0.1) is 10.5 Å². The lowest BCUT2D eigenvalue weighted by molar-refractivity contribution is 0.589. The molecule has 1 rings (SSSR count). The zero-order chi connectivity index (χ0) is 9.35. The molecule has 0 bridgehead atoms. The molecule has 0 radical (unpaired) electrons. The van der Waals surface area contributed by atoms with E-state index >= 15 is 0 Å². The van der Waals surface area contributed by atoms with Crippen LogP contribution in [0.5, 0.6) is 0 Å². The van der Waals surface area contributed by atoms with Gasteiger partial charge in [0.25, 0.3) is 0 Å². The summed E-state index contributed by atoms with van der Waals surface area (Å²) in [5, 5.41) is 0. The second-order valence-corrected chi connectivity index (χ2v) is 5.51. The van der Waals surface area contributed by atoms with E-state index in [1.807, 2.05) is 0 Å². The minimum Gasteiger partial charge on any atom is -0.0561 e. The molecule has 0 fully saturated rings. The van der Waals surface area contributed by atoms with Gasteiger partial charge in [-0.1, -0.05) is 26.8 Å². The van der Waals surface area contributed by atoms with Crippen molar-refractivity contribution in [3.8, 4) is 0 Å². The molecule has 0 aliphatic heterocycles. The highest BCUT2D eigenvalue weighted by Crippen LogP contribution is 2.24. The molecular formula is C11H15I. The minimum absolute atomic E-state index is 0.270. The molecule has 1 heteroatoms. The van der Waals surface area contributed by atoms with E-state index in [2.05, 4.69) is 68.5 Å². The molecule has 12 heavy (non-hydrogen) atoms. The van der Waals surface area contributed by atoms with Crippen LogP contribution in [0.3, 0.4) is 0 Å². The topological polar surface area (TPSA) is 0 Å². The average molecular weight is 274 g/mol. The van der Waals surface area contributed by atoms with E-state index in [0.717, 1.165) is 0 Å². The standard InChI is InChI=1S/C11H15I/c1-8-5-9(11(2,3)4)7-10(12)6-8/h5-7H,1-4H3. The summed E-state index contributed by atoms with van der Waals surface area (Å²) in [4.78, 5) is 0. The van der Waals surface area contributed by atoms with Gasteiger partial charge in [-0.25, -0.2) is 0 Å². The van der Waals surface area contributed by atoms with Gasteiger partial charge < -0.3 is 0 Å². The van der Waals surface area contributed by atoms with Gasteiger partial charge in [-0.15, -0.1) is 0 Å². The molecule has 0 saturated carbocycles. The largest absolute Gasteiger partial charge is 0.0561 e. The van der Waals surface area contributed by atoms with E-state index < -0.39 is 0 Å². The van der Waals surface area contributed by atoms with E-state index in [9.17, 15) is 0 Å². The summed E-state index contributed by atoms with van der Waals surface area (Å²) >= 11 is 2.37. The van der Waals surface area contributed by atoms with Gasteiger partial charge in [0.2, 0.25) is 0 Å². The first-order valence-electron chi connectivity index (χ1n) is 4.17. The Morgan fingerprint density at radius 3 is 2.08 bits per heavy atom. The Balaban J connectivity index is 3.18. The van der Waals surface area contributed by atoms with Gasteiger partial charge in [0.05, 0.1) is 0 Å². The molecule has 1 aromatic carbocycles. The van der Waals surface area contributed by atoms with Gasteiger partial charge >= 0.3 is 0 Å². The third-order valence-corrected chi connectivity index (χ3v) is 2.53. The van der Waals surface area contributed by atoms with Crippen LogP contribution in [-0.4, -0.2) is 0 Å². The first kappa shape index (κ1) is 10.0. The fraction of sp³-hybridized carbons (Fsp3) is 0.455. The van der Waals surface area contributed by atoms with Crippen molar-refractivity contribution < 1.29 is 0 Å². The fourth-order valence-corrected chi connectivity index (χ4v) is 2.00. The third kappa shape index (κ3) is 2.47. The zero-order valence-electron chi connectivity index (χ0n) is 8.11. The van der Waals surface area contributed by atoms with Crippen molar-refractivity contribution in [1.82, 2.24) is 0 Å². The Morgan fingerprint density at radius 1 is 1.08 bits per heavy atom. The zero-order valence-corrected chi connectivity index (χ0v) is 10.3. The SMILES string of the molecule is Cc1cc(I)cc(C(C)(C)C)c1. The lowest BCUT2D eigenvalue weighted by Crippen LogP contribution is -2.11. The summed E-state index contributed by atoms with van der Waals surface area (Å²) in [7, 11) is 0. The summed E-state index contributed by atoms with van der Waals surface area (Å²) in [5.41, 5.74) is 3.05. The number of hydrogen-bond donors (Lipinski definition) is 0. The predicted octanol–water partition coefficient (Wildman–Crippen LogP) is 3.90. The number of aryl methyl sites for hydroxylation is 1. The molecular weight excluding hydrogens is 259 g/mol. The number of hydrogen-bond acceptors (Lipinski definition) is 0. The highest BCUT2D eigenvalue weighted by Gasteiger charge is 2.13. The van der Waals surface area contributed by atoms with Gasteiger partial charge in [0.1, 0.15) is 0 Å². The van der Waals surface area contributed by atoms with Crippen LogP contribution in [0.2, 0.25) is 0 Å². The van der Waals surface area contributed by atoms with Crippen LogP contribution in [0.1, 0.15) is 31.9 Å². The maximum Gasteiger partial charge on any atom is 0.0135 e. The normalized spacial score (nSPS) is 11.8. The number of benzene rings is 1. The van der Waals surface area contributed by atoms with Crippen LogP contribution < -0.4 is 0 Å². The van der Waals surface area contributed by atoms with Crippen molar-refractivity contribution in [2.75, 3.05) is 0 Å². The first-order chi connectivity index (χ1) is 5.39. The number of halogens is 1. The van der Waals surface area contributed by atoms with Crippen molar-refractivity contribution in [2.45, 2.75) is 33.1 Å². The molecule has 0 saturated heterocycles. The monoisotopic (exact) mass is 274 g/mol. The molecule has 0 nitrogen and oxygen atoms in total. The quantitative estimate of drug-likeness (QED) is 0.629. The molecule has 0 aromatic heterocycles. The summed E-state index contributed by atoms with van der Waals surface area (Å²) in [5.74, 6) is 0. The summed E-state index contributed by atoms with van der Waals surface area (Å²) < 4.78 is 1.33. The Hall–Kier alpha value is -0.0500. The van der Waals surface area contributed by atoms with Crippen molar-refractivity contribution in [3.05, 3.63) is 32.9 Å². The second kappa shape index (κ2) is 3.36. The molecule has 0 amide bonds. The van der Waals surface area contributed by atoms with Crippen LogP contribution in [0.15, 0.2) is 18.2 Å². The molecule has 0 atom stereocenters. The molecule has 0 unspecified atom stereocenters. The molecule has 0 aliphatic carbocycles. The lowest BCUT2D eigenvalue weighted by Gasteiger charge is -2.19. The molecule has 1 aromatic rings. The Kier molecular flexibility index (Phi) is 2.81.